The fraction of sp³-hybridized carbons (Fsp3) is 0.182. The zero-order chi connectivity index (χ0) is 11.3. The number of benzene rings is 1. The fourth-order valence-electron chi connectivity index (χ4n) is 0.877. The van der Waals surface area contributed by atoms with Crippen molar-refractivity contribution in [2.24, 2.45) is 0 Å². The van der Waals surface area contributed by atoms with E-state index in [1.807, 2.05) is 6.07 Å². The van der Waals surface area contributed by atoms with Crippen LogP contribution in [0, 0.1) is 11.8 Å². The maximum absolute atomic E-state index is 10.8. The lowest BCUT2D eigenvalue weighted by molar-refractivity contribution is -0.139. The second-order valence-electron chi connectivity index (χ2n) is 2.68. The second kappa shape index (κ2) is 5.79. The summed E-state index contributed by atoms with van der Waals surface area (Å²) in [6, 6.07) is 5.37. The molecule has 0 N–H and O–H groups in total. The highest BCUT2D eigenvalue weighted by Crippen LogP contribution is 2.19. The normalized spacial score (nSPS) is 9.00. The van der Waals surface area contributed by atoms with Gasteiger partial charge in [-0.1, -0.05) is 39.4 Å². The molecule has 0 fully saturated rings. The predicted octanol–water partition coefficient (Wildman–Crippen LogP) is 3.02. The maximum Gasteiger partial charge on any atom is 0.317 e. The highest BCUT2D eigenvalue weighted by molar-refractivity contribution is 9.10. The Kier molecular flexibility index (Phi) is 4.67. The Bertz CT molecular complexity index is 432. The number of rotatable bonds is 1. The summed E-state index contributed by atoms with van der Waals surface area (Å²) in [7, 11) is 1.33. The van der Waals surface area contributed by atoms with E-state index in [4.69, 9.17) is 11.6 Å². The maximum atomic E-state index is 10.8. The van der Waals surface area contributed by atoms with Crippen molar-refractivity contribution in [3.63, 3.8) is 0 Å². The average Bonchev–Trinajstić information content (AvgIpc) is 2.23. The van der Waals surface area contributed by atoms with Crippen molar-refractivity contribution >= 4 is 33.5 Å². The lowest BCUT2D eigenvalue weighted by atomic mass is 10.2. The van der Waals surface area contributed by atoms with Crippen LogP contribution in [0.5, 0.6) is 0 Å². The van der Waals surface area contributed by atoms with Crippen LogP contribution in [0.3, 0.4) is 0 Å². The number of hydrogen-bond acceptors (Lipinski definition) is 2. The van der Waals surface area contributed by atoms with Gasteiger partial charge in [0.05, 0.1) is 12.1 Å². The van der Waals surface area contributed by atoms with Crippen LogP contribution in [-0.2, 0) is 9.53 Å². The zero-order valence-corrected chi connectivity index (χ0v) is 10.4. The molecule has 0 atom stereocenters. The van der Waals surface area contributed by atoms with Gasteiger partial charge in [0, 0.05) is 10.0 Å². The van der Waals surface area contributed by atoms with Crippen molar-refractivity contribution < 1.29 is 9.53 Å². The Morgan fingerprint density at radius 2 is 2.33 bits per heavy atom. The number of esters is 1. The molecule has 0 aromatic heterocycles. The van der Waals surface area contributed by atoms with E-state index in [9.17, 15) is 4.79 Å². The Hall–Kier alpha value is -0.980. The SMILES string of the molecule is COC(=O)CC#Cc1cc(Br)ccc1Cl. The Balaban J connectivity index is 2.79. The summed E-state index contributed by atoms with van der Waals surface area (Å²) in [6.07, 6.45) is 0.0688. The van der Waals surface area contributed by atoms with Crippen LogP contribution in [0.1, 0.15) is 12.0 Å². The molecular formula is C11H8BrClO2. The largest absolute Gasteiger partial charge is 0.468 e. The Morgan fingerprint density at radius 3 is 3.00 bits per heavy atom. The molecule has 1 aromatic rings. The predicted molar refractivity (Wildman–Crippen MR) is 62.7 cm³/mol. The summed E-state index contributed by atoms with van der Waals surface area (Å²) in [4.78, 5) is 10.8. The topological polar surface area (TPSA) is 26.3 Å². The molecule has 0 bridgehead atoms. The van der Waals surface area contributed by atoms with Gasteiger partial charge in [-0.2, -0.15) is 0 Å². The number of carbonyl (C=O) groups excluding carboxylic acids is 1. The van der Waals surface area contributed by atoms with Crippen LogP contribution in [0.2, 0.25) is 5.02 Å². The van der Waals surface area contributed by atoms with E-state index in [0.29, 0.717) is 10.6 Å². The van der Waals surface area contributed by atoms with E-state index < -0.39 is 0 Å². The molecule has 78 valence electrons. The number of methoxy groups -OCH3 is 1. The third-order valence-electron chi connectivity index (χ3n) is 1.61. The van der Waals surface area contributed by atoms with Crippen LogP contribution in [-0.4, -0.2) is 13.1 Å². The number of halogens is 2. The fourth-order valence-corrected chi connectivity index (χ4v) is 1.40. The van der Waals surface area contributed by atoms with Crippen molar-refractivity contribution in [1.29, 1.82) is 0 Å². The smallest absolute Gasteiger partial charge is 0.317 e. The summed E-state index contributed by atoms with van der Waals surface area (Å²) in [5, 5.41) is 0.565. The van der Waals surface area contributed by atoms with E-state index in [0.717, 1.165) is 4.47 Å². The minimum absolute atomic E-state index is 0.0688. The van der Waals surface area contributed by atoms with Crippen molar-refractivity contribution in [2.75, 3.05) is 7.11 Å². The molecule has 0 aliphatic rings. The van der Waals surface area contributed by atoms with Gasteiger partial charge in [0.1, 0.15) is 6.42 Å². The van der Waals surface area contributed by atoms with Crippen LogP contribution < -0.4 is 0 Å². The van der Waals surface area contributed by atoms with E-state index in [-0.39, 0.29) is 12.4 Å². The third kappa shape index (κ3) is 3.94. The highest BCUT2D eigenvalue weighted by Gasteiger charge is 1.98. The van der Waals surface area contributed by atoms with Gasteiger partial charge in [-0.15, -0.1) is 0 Å². The third-order valence-corrected chi connectivity index (χ3v) is 2.43. The van der Waals surface area contributed by atoms with Crippen molar-refractivity contribution in [1.82, 2.24) is 0 Å². The summed E-state index contributed by atoms with van der Waals surface area (Å²) in [5.41, 5.74) is 0.690. The van der Waals surface area contributed by atoms with Gasteiger partial charge in [-0.05, 0) is 18.2 Å². The quantitative estimate of drug-likeness (QED) is 0.586. The molecule has 0 aliphatic heterocycles. The molecule has 0 unspecified atom stereocenters. The molecule has 1 aromatic carbocycles. The first-order chi connectivity index (χ1) is 7.13. The average molecular weight is 288 g/mol. The van der Waals surface area contributed by atoms with Gasteiger partial charge in [0.15, 0.2) is 0 Å². The number of carbonyl (C=O) groups is 1. The number of ether oxygens (including phenoxy) is 1. The molecule has 2 nitrogen and oxygen atoms in total. The first-order valence-corrected chi connectivity index (χ1v) is 5.31. The summed E-state index contributed by atoms with van der Waals surface area (Å²) < 4.78 is 5.36. The highest BCUT2D eigenvalue weighted by atomic mass is 79.9. The van der Waals surface area contributed by atoms with Crippen LogP contribution in [0.15, 0.2) is 22.7 Å². The van der Waals surface area contributed by atoms with E-state index in [2.05, 4.69) is 32.5 Å². The summed E-state index contributed by atoms with van der Waals surface area (Å²) in [5.74, 6) is 5.14. The van der Waals surface area contributed by atoms with Gasteiger partial charge in [-0.3, -0.25) is 4.79 Å². The molecular weight excluding hydrogens is 279 g/mol. The molecule has 15 heavy (non-hydrogen) atoms. The molecule has 0 saturated carbocycles. The van der Waals surface area contributed by atoms with E-state index >= 15 is 0 Å². The molecule has 4 heteroatoms. The van der Waals surface area contributed by atoms with Gasteiger partial charge in [0.2, 0.25) is 0 Å². The lowest BCUT2D eigenvalue weighted by Gasteiger charge is -1.96. The van der Waals surface area contributed by atoms with E-state index in [1.165, 1.54) is 7.11 Å². The van der Waals surface area contributed by atoms with Gasteiger partial charge in [0.25, 0.3) is 0 Å². The molecule has 1 rings (SSSR count). The first-order valence-electron chi connectivity index (χ1n) is 4.14. The summed E-state index contributed by atoms with van der Waals surface area (Å²) >= 11 is 9.22. The van der Waals surface area contributed by atoms with Crippen LogP contribution in [0.25, 0.3) is 0 Å². The molecule has 0 saturated heterocycles. The lowest BCUT2D eigenvalue weighted by Crippen LogP contribution is -1.97. The minimum Gasteiger partial charge on any atom is -0.468 e. The second-order valence-corrected chi connectivity index (χ2v) is 4.00. The van der Waals surface area contributed by atoms with Crippen molar-refractivity contribution in [3.05, 3.63) is 33.3 Å². The van der Waals surface area contributed by atoms with Crippen molar-refractivity contribution in [2.45, 2.75) is 6.42 Å². The molecule has 0 amide bonds. The van der Waals surface area contributed by atoms with Gasteiger partial charge >= 0.3 is 5.97 Å². The summed E-state index contributed by atoms with van der Waals surface area (Å²) in [6.45, 7) is 0. The van der Waals surface area contributed by atoms with Gasteiger partial charge < -0.3 is 4.74 Å². The molecule has 0 heterocycles. The van der Waals surface area contributed by atoms with Crippen LogP contribution in [0.4, 0.5) is 0 Å². The Morgan fingerprint density at radius 1 is 1.60 bits per heavy atom. The van der Waals surface area contributed by atoms with E-state index in [1.54, 1.807) is 12.1 Å². The van der Waals surface area contributed by atoms with Gasteiger partial charge in [-0.25, -0.2) is 0 Å². The molecule has 0 aliphatic carbocycles. The first kappa shape index (κ1) is 12.1. The monoisotopic (exact) mass is 286 g/mol. The van der Waals surface area contributed by atoms with Crippen molar-refractivity contribution in [3.8, 4) is 11.8 Å². The zero-order valence-electron chi connectivity index (χ0n) is 8.01. The number of hydrogen-bond donors (Lipinski definition) is 0. The Labute approximate surface area is 102 Å². The molecule has 0 spiro atoms. The minimum atomic E-state index is -0.353. The van der Waals surface area contributed by atoms with Crippen LogP contribution >= 0.6 is 27.5 Å². The standard InChI is InChI=1S/C11H8BrClO2/c1-15-11(14)4-2-3-8-7-9(12)5-6-10(8)13/h5-7H,4H2,1H3. The molecule has 0 radical (unpaired) electrons.